The monoisotopic (exact) mass is 346 g/mol. The number of hydrogen-bond donors (Lipinski definition) is 0. The first-order valence-electron chi connectivity index (χ1n) is 9.15. The van der Waals surface area contributed by atoms with Crippen LogP contribution < -0.4 is 0 Å². The van der Waals surface area contributed by atoms with Crippen LogP contribution in [0.2, 0.25) is 0 Å². The molecule has 138 valence electrons. The van der Waals surface area contributed by atoms with Crippen molar-refractivity contribution in [2.24, 2.45) is 5.92 Å². The highest BCUT2D eigenvalue weighted by Crippen LogP contribution is 2.16. The summed E-state index contributed by atoms with van der Waals surface area (Å²) in [5.41, 5.74) is 7.15. The molecule has 0 radical (unpaired) electrons. The summed E-state index contributed by atoms with van der Waals surface area (Å²) < 4.78 is 0. The summed E-state index contributed by atoms with van der Waals surface area (Å²) in [6.07, 6.45) is 11.3. The molecular formula is C26H34. The minimum atomic E-state index is 0.833. The average Bonchev–Trinajstić information content (AvgIpc) is 2.59. The lowest BCUT2D eigenvalue weighted by Gasteiger charge is -2.04. The molecule has 0 bridgehead atoms. The van der Waals surface area contributed by atoms with Gasteiger partial charge in [-0.1, -0.05) is 81.8 Å². The molecule has 0 unspecified atom stereocenters. The SMILES string of the molecule is C#Cc1cc(C)c(C)cc1/C=C/C.C=Cc1ccccc1C.CC(C)C. The van der Waals surface area contributed by atoms with E-state index in [1.54, 1.807) is 0 Å². The average molecular weight is 347 g/mol. The maximum absolute atomic E-state index is 5.42. The Morgan fingerprint density at radius 3 is 1.88 bits per heavy atom. The zero-order valence-corrected chi connectivity index (χ0v) is 17.6. The van der Waals surface area contributed by atoms with Crippen LogP contribution in [-0.4, -0.2) is 0 Å². The van der Waals surface area contributed by atoms with Gasteiger partial charge in [0.05, 0.1) is 0 Å². The molecule has 0 aliphatic heterocycles. The van der Waals surface area contributed by atoms with Gasteiger partial charge >= 0.3 is 0 Å². The van der Waals surface area contributed by atoms with Gasteiger partial charge in [0.25, 0.3) is 0 Å². The third-order valence-corrected chi connectivity index (χ3v) is 3.58. The maximum atomic E-state index is 5.42. The van der Waals surface area contributed by atoms with Gasteiger partial charge in [-0.2, -0.15) is 0 Å². The molecule has 0 aliphatic carbocycles. The van der Waals surface area contributed by atoms with E-state index in [1.807, 2.05) is 37.3 Å². The van der Waals surface area contributed by atoms with Crippen LogP contribution in [0.3, 0.4) is 0 Å². The number of allylic oxidation sites excluding steroid dienone is 1. The van der Waals surface area contributed by atoms with Gasteiger partial charge in [-0.15, -0.1) is 6.42 Å². The Balaban J connectivity index is 0.000000416. The second-order valence-corrected chi connectivity index (χ2v) is 6.96. The second-order valence-electron chi connectivity index (χ2n) is 6.96. The van der Waals surface area contributed by atoms with Crippen molar-refractivity contribution < 1.29 is 0 Å². The fourth-order valence-corrected chi connectivity index (χ4v) is 2.10. The van der Waals surface area contributed by atoms with E-state index in [2.05, 4.69) is 78.3 Å². The predicted molar refractivity (Wildman–Crippen MR) is 120 cm³/mol. The Labute approximate surface area is 161 Å². The van der Waals surface area contributed by atoms with Crippen LogP contribution in [0.25, 0.3) is 12.2 Å². The van der Waals surface area contributed by atoms with Crippen molar-refractivity contribution in [3.8, 4) is 12.3 Å². The van der Waals surface area contributed by atoms with Crippen LogP contribution in [0.15, 0.2) is 49.1 Å². The van der Waals surface area contributed by atoms with Crippen molar-refractivity contribution in [1.82, 2.24) is 0 Å². The summed E-state index contributed by atoms with van der Waals surface area (Å²) in [6, 6.07) is 12.4. The van der Waals surface area contributed by atoms with Gasteiger partial charge in [0, 0.05) is 5.56 Å². The van der Waals surface area contributed by atoms with Crippen molar-refractivity contribution in [1.29, 1.82) is 0 Å². The standard InChI is InChI=1S/C13H14.C9H10.C4H10/c1-5-7-13-9-11(4)10(3)8-12(13)6-2;1-3-9-7-5-4-6-8(9)2;1-4(2)3/h2,5,7-9H,1,3-4H3;3-7H,1H2,2H3;4H,1-3H3/b7-5+;;. The van der Waals surface area contributed by atoms with Crippen LogP contribution >= 0.6 is 0 Å². The highest BCUT2D eigenvalue weighted by molar-refractivity contribution is 5.60. The summed E-state index contributed by atoms with van der Waals surface area (Å²) in [5, 5.41) is 0. The Morgan fingerprint density at radius 2 is 1.46 bits per heavy atom. The zero-order chi connectivity index (χ0) is 20.1. The normalized spacial score (nSPS) is 9.65. The number of rotatable bonds is 2. The molecule has 2 rings (SSSR count). The molecule has 0 amide bonds. The Morgan fingerprint density at radius 1 is 0.923 bits per heavy atom. The molecule has 0 N–H and O–H groups in total. The quantitative estimate of drug-likeness (QED) is 0.491. The highest BCUT2D eigenvalue weighted by atomic mass is 14.0. The Bertz CT molecular complexity index is 749. The number of benzene rings is 2. The lowest BCUT2D eigenvalue weighted by molar-refractivity contribution is 0.737. The molecule has 0 heterocycles. The van der Waals surface area contributed by atoms with Crippen LogP contribution in [0, 0.1) is 39.0 Å². The molecule has 0 nitrogen and oxygen atoms in total. The number of terminal acetylenes is 1. The fourth-order valence-electron chi connectivity index (χ4n) is 2.10. The van der Waals surface area contributed by atoms with Gasteiger partial charge in [0.2, 0.25) is 0 Å². The Hall–Kier alpha value is -2.52. The summed E-state index contributed by atoms with van der Waals surface area (Å²) in [6.45, 7) is 18.4. The van der Waals surface area contributed by atoms with Gasteiger partial charge < -0.3 is 0 Å². The first-order valence-corrected chi connectivity index (χ1v) is 9.15. The Kier molecular flexibility index (Phi) is 11.5. The highest BCUT2D eigenvalue weighted by Gasteiger charge is 1.99. The van der Waals surface area contributed by atoms with Crippen molar-refractivity contribution >= 4 is 12.2 Å². The van der Waals surface area contributed by atoms with E-state index in [9.17, 15) is 0 Å². The van der Waals surface area contributed by atoms with Crippen molar-refractivity contribution in [2.75, 3.05) is 0 Å². The van der Waals surface area contributed by atoms with Crippen molar-refractivity contribution in [3.63, 3.8) is 0 Å². The van der Waals surface area contributed by atoms with E-state index in [1.165, 1.54) is 22.3 Å². The summed E-state index contributed by atoms with van der Waals surface area (Å²) >= 11 is 0. The van der Waals surface area contributed by atoms with E-state index < -0.39 is 0 Å². The topological polar surface area (TPSA) is 0 Å². The first-order chi connectivity index (χ1) is 12.3. The second kappa shape index (κ2) is 12.8. The smallest absolute Gasteiger partial charge is 0.0317 e. The summed E-state index contributed by atoms with van der Waals surface area (Å²) in [4.78, 5) is 0. The number of aryl methyl sites for hydroxylation is 3. The minimum Gasteiger partial charge on any atom is -0.115 e. The van der Waals surface area contributed by atoms with E-state index >= 15 is 0 Å². The van der Waals surface area contributed by atoms with Crippen LogP contribution in [-0.2, 0) is 0 Å². The van der Waals surface area contributed by atoms with Crippen LogP contribution in [0.5, 0.6) is 0 Å². The predicted octanol–water partition coefficient (Wildman–Crippen LogP) is 7.62. The van der Waals surface area contributed by atoms with E-state index in [4.69, 9.17) is 6.42 Å². The molecule has 0 saturated carbocycles. The van der Waals surface area contributed by atoms with Crippen molar-refractivity contribution in [2.45, 2.75) is 48.5 Å². The third-order valence-electron chi connectivity index (χ3n) is 3.58. The molecule has 0 saturated heterocycles. The van der Waals surface area contributed by atoms with E-state index in [0.717, 1.165) is 17.0 Å². The van der Waals surface area contributed by atoms with Gasteiger partial charge in [0.15, 0.2) is 0 Å². The molecule has 0 spiro atoms. The van der Waals surface area contributed by atoms with Gasteiger partial charge in [-0.25, -0.2) is 0 Å². The van der Waals surface area contributed by atoms with E-state index in [-0.39, 0.29) is 0 Å². The molecule has 0 aliphatic rings. The molecule has 0 fully saturated rings. The lowest BCUT2D eigenvalue weighted by atomic mass is 10.00. The lowest BCUT2D eigenvalue weighted by Crippen LogP contribution is -1.88. The van der Waals surface area contributed by atoms with E-state index in [0.29, 0.717) is 0 Å². The molecule has 0 aromatic heterocycles. The van der Waals surface area contributed by atoms with Gasteiger partial charge in [-0.3, -0.25) is 0 Å². The molecule has 26 heavy (non-hydrogen) atoms. The first kappa shape index (κ1) is 23.5. The van der Waals surface area contributed by atoms with Crippen LogP contribution in [0.1, 0.15) is 61.1 Å². The molecule has 0 heteroatoms. The summed E-state index contributed by atoms with van der Waals surface area (Å²) in [7, 11) is 0. The zero-order valence-electron chi connectivity index (χ0n) is 17.6. The van der Waals surface area contributed by atoms with Gasteiger partial charge in [0.1, 0.15) is 0 Å². The number of hydrogen-bond acceptors (Lipinski definition) is 0. The van der Waals surface area contributed by atoms with Crippen molar-refractivity contribution in [3.05, 3.63) is 82.4 Å². The molecule has 0 atom stereocenters. The third kappa shape index (κ3) is 9.09. The summed E-state index contributed by atoms with van der Waals surface area (Å²) in [5.74, 6) is 3.53. The minimum absolute atomic E-state index is 0.833. The maximum Gasteiger partial charge on any atom is 0.0317 e. The van der Waals surface area contributed by atoms with Crippen LogP contribution in [0.4, 0.5) is 0 Å². The molecule has 2 aromatic carbocycles. The molecule has 2 aromatic rings. The largest absolute Gasteiger partial charge is 0.115 e. The van der Waals surface area contributed by atoms with Gasteiger partial charge in [-0.05, 0) is 67.5 Å². The molecular weight excluding hydrogens is 312 g/mol. The fraction of sp³-hybridized carbons (Fsp3) is 0.308.